The Morgan fingerprint density at radius 2 is 2.11 bits per heavy atom. The third-order valence-electron chi connectivity index (χ3n) is 2.47. The van der Waals surface area contributed by atoms with E-state index in [0.29, 0.717) is 23.7 Å². The van der Waals surface area contributed by atoms with E-state index in [1.165, 1.54) is 4.90 Å². The van der Waals surface area contributed by atoms with Crippen molar-refractivity contribution in [3.05, 3.63) is 28.8 Å². The number of aryl methyl sites for hydroxylation is 1. The smallest absolute Gasteiger partial charge is 0.323 e. The molecule has 6 heteroatoms. The summed E-state index contributed by atoms with van der Waals surface area (Å²) in [5.74, 6) is -1.04. The fraction of sp³-hybridized carbons (Fsp3) is 0.385. The van der Waals surface area contributed by atoms with Crippen LogP contribution >= 0.6 is 11.6 Å². The van der Waals surface area contributed by atoms with Crippen molar-refractivity contribution in [2.24, 2.45) is 0 Å². The van der Waals surface area contributed by atoms with Gasteiger partial charge in [0.15, 0.2) is 0 Å². The second kappa shape index (κ2) is 6.99. The molecule has 0 bridgehead atoms. The Morgan fingerprint density at radius 3 is 2.63 bits per heavy atom. The molecule has 104 valence electrons. The quantitative estimate of drug-likeness (QED) is 0.873. The second-order valence-electron chi connectivity index (χ2n) is 4.23. The van der Waals surface area contributed by atoms with Gasteiger partial charge in [-0.05, 0) is 31.0 Å². The summed E-state index contributed by atoms with van der Waals surface area (Å²) in [5, 5.41) is 11.8. The van der Waals surface area contributed by atoms with E-state index in [2.05, 4.69) is 5.32 Å². The van der Waals surface area contributed by atoms with Crippen LogP contribution in [0.4, 0.5) is 10.5 Å². The molecule has 1 aromatic carbocycles. The van der Waals surface area contributed by atoms with Crippen LogP contribution in [0.25, 0.3) is 0 Å². The lowest BCUT2D eigenvalue weighted by molar-refractivity contribution is -0.137. The predicted molar refractivity (Wildman–Crippen MR) is 74.7 cm³/mol. The van der Waals surface area contributed by atoms with Gasteiger partial charge in [-0.25, -0.2) is 4.79 Å². The summed E-state index contributed by atoms with van der Waals surface area (Å²) in [4.78, 5) is 23.9. The number of carboxylic acid groups (broad SMARTS) is 1. The summed E-state index contributed by atoms with van der Waals surface area (Å²) >= 11 is 6.01. The number of halogens is 1. The van der Waals surface area contributed by atoms with Gasteiger partial charge >= 0.3 is 12.0 Å². The van der Waals surface area contributed by atoms with E-state index >= 15 is 0 Å². The van der Waals surface area contributed by atoms with E-state index < -0.39 is 12.0 Å². The van der Waals surface area contributed by atoms with Crippen molar-refractivity contribution in [3.63, 3.8) is 0 Å². The highest BCUT2D eigenvalue weighted by molar-refractivity contribution is 6.33. The van der Waals surface area contributed by atoms with Crippen molar-refractivity contribution in [1.29, 1.82) is 0 Å². The number of aliphatic carboxylic acids is 1. The van der Waals surface area contributed by atoms with Gasteiger partial charge in [-0.2, -0.15) is 0 Å². The highest BCUT2D eigenvalue weighted by Gasteiger charge is 2.16. The van der Waals surface area contributed by atoms with Gasteiger partial charge in [0.05, 0.1) is 10.7 Å². The maximum absolute atomic E-state index is 12.0. The zero-order valence-electron chi connectivity index (χ0n) is 10.9. The molecule has 0 saturated heterocycles. The van der Waals surface area contributed by atoms with Crippen molar-refractivity contribution < 1.29 is 14.7 Å². The molecule has 0 aliphatic rings. The Kier molecular flexibility index (Phi) is 5.63. The highest BCUT2D eigenvalue weighted by Crippen LogP contribution is 2.23. The molecule has 0 radical (unpaired) electrons. The van der Waals surface area contributed by atoms with Crippen LogP contribution in [0.15, 0.2) is 18.2 Å². The molecule has 19 heavy (non-hydrogen) atoms. The molecule has 0 fully saturated rings. The summed E-state index contributed by atoms with van der Waals surface area (Å²) in [7, 11) is 0. The van der Waals surface area contributed by atoms with E-state index in [9.17, 15) is 9.59 Å². The molecule has 2 N–H and O–H groups in total. The standard InChI is InChI=1S/C13H17ClN2O3/c1-3-6-16(8-12(17)18)13(19)15-11-5-4-9(2)7-10(11)14/h4-5,7H,3,6,8H2,1-2H3,(H,15,19)(H,17,18). The van der Waals surface area contributed by atoms with Gasteiger partial charge < -0.3 is 15.3 Å². The normalized spacial score (nSPS) is 10.1. The van der Waals surface area contributed by atoms with Gasteiger partial charge in [0.25, 0.3) is 0 Å². The largest absolute Gasteiger partial charge is 0.480 e. The minimum atomic E-state index is -1.04. The van der Waals surface area contributed by atoms with Crippen molar-refractivity contribution in [3.8, 4) is 0 Å². The summed E-state index contributed by atoms with van der Waals surface area (Å²) in [6.45, 7) is 3.82. The first-order valence-electron chi connectivity index (χ1n) is 5.98. The van der Waals surface area contributed by atoms with Gasteiger partial charge in [-0.15, -0.1) is 0 Å². The number of carbonyl (C=O) groups is 2. The second-order valence-corrected chi connectivity index (χ2v) is 4.64. The van der Waals surface area contributed by atoms with Crippen LogP contribution in [-0.4, -0.2) is 35.1 Å². The Hall–Kier alpha value is -1.75. The Labute approximate surface area is 117 Å². The van der Waals surface area contributed by atoms with Crippen molar-refractivity contribution in [2.45, 2.75) is 20.3 Å². The number of amides is 2. The molecule has 5 nitrogen and oxygen atoms in total. The summed E-state index contributed by atoms with van der Waals surface area (Å²) in [6.07, 6.45) is 0.683. The minimum absolute atomic E-state index is 0.330. The van der Waals surface area contributed by atoms with Gasteiger partial charge in [0.2, 0.25) is 0 Å². The first kappa shape index (κ1) is 15.3. The topological polar surface area (TPSA) is 69.6 Å². The van der Waals surface area contributed by atoms with E-state index in [1.54, 1.807) is 12.1 Å². The average molecular weight is 285 g/mol. The molecule has 0 aliphatic carbocycles. The Bertz CT molecular complexity index is 477. The number of urea groups is 1. The minimum Gasteiger partial charge on any atom is -0.480 e. The Balaban J connectivity index is 2.77. The fourth-order valence-corrected chi connectivity index (χ4v) is 1.88. The molecule has 0 unspecified atom stereocenters. The highest BCUT2D eigenvalue weighted by atomic mass is 35.5. The van der Waals surface area contributed by atoms with Crippen LogP contribution in [0, 0.1) is 6.92 Å². The molecular formula is C13H17ClN2O3. The van der Waals surface area contributed by atoms with Gasteiger partial charge in [0.1, 0.15) is 6.54 Å². The van der Waals surface area contributed by atoms with Gasteiger partial charge in [-0.3, -0.25) is 4.79 Å². The molecule has 1 aromatic rings. The van der Waals surface area contributed by atoms with Crippen molar-refractivity contribution >= 4 is 29.3 Å². The first-order chi connectivity index (χ1) is 8.93. The van der Waals surface area contributed by atoms with Crippen molar-refractivity contribution in [2.75, 3.05) is 18.4 Å². The predicted octanol–water partition coefficient (Wildman–Crippen LogP) is 2.98. The van der Waals surface area contributed by atoms with Crippen LogP contribution in [0.5, 0.6) is 0 Å². The number of hydrogen-bond donors (Lipinski definition) is 2. The molecular weight excluding hydrogens is 268 g/mol. The van der Waals surface area contributed by atoms with E-state index in [1.807, 2.05) is 19.9 Å². The number of nitrogens with one attached hydrogen (secondary N) is 1. The number of benzene rings is 1. The summed E-state index contributed by atoms with van der Waals surface area (Å²) in [6, 6.07) is 4.79. The number of rotatable bonds is 5. The number of anilines is 1. The Morgan fingerprint density at radius 1 is 1.42 bits per heavy atom. The van der Waals surface area contributed by atoms with E-state index in [4.69, 9.17) is 16.7 Å². The number of carboxylic acids is 1. The molecule has 0 saturated carbocycles. The molecule has 0 heterocycles. The summed E-state index contributed by atoms with van der Waals surface area (Å²) in [5.41, 5.74) is 1.46. The van der Waals surface area contributed by atoms with Crippen LogP contribution in [-0.2, 0) is 4.79 Å². The molecule has 0 atom stereocenters. The zero-order chi connectivity index (χ0) is 14.4. The average Bonchev–Trinajstić information content (AvgIpc) is 2.31. The number of carbonyl (C=O) groups excluding carboxylic acids is 1. The van der Waals surface area contributed by atoms with Crippen LogP contribution in [0.2, 0.25) is 5.02 Å². The third kappa shape index (κ3) is 4.79. The molecule has 0 aromatic heterocycles. The van der Waals surface area contributed by atoms with Crippen LogP contribution in [0.3, 0.4) is 0 Å². The van der Waals surface area contributed by atoms with E-state index in [-0.39, 0.29) is 6.54 Å². The molecule has 0 spiro atoms. The molecule has 2 amide bonds. The molecule has 0 aliphatic heterocycles. The van der Waals surface area contributed by atoms with Crippen molar-refractivity contribution in [1.82, 2.24) is 4.90 Å². The maximum Gasteiger partial charge on any atom is 0.323 e. The lowest BCUT2D eigenvalue weighted by Gasteiger charge is -2.20. The van der Waals surface area contributed by atoms with E-state index in [0.717, 1.165) is 5.56 Å². The number of hydrogen-bond acceptors (Lipinski definition) is 2. The van der Waals surface area contributed by atoms with Gasteiger partial charge in [-0.1, -0.05) is 24.6 Å². The third-order valence-corrected chi connectivity index (χ3v) is 2.79. The van der Waals surface area contributed by atoms with Crippen LogP contribution in [0.1, 0.15) is 18.9 Å². The fourth-order valence-electron chi connectivity index (χ4n) is 1.60. The maximum atomic E-state index is 12.0. The lowest BCUT2D eigenvalue weighted by atomic mass is 10.2. The SMILES string of the molecule is CCCN(CC(=O)O)C(=O)Nc1ccc(C)cc1Cl. The lowest BCUT2D eigenvalue weighted by Crippen LogP contribution is -2.39. The van der Waals surface area contributed by atoms with Gasteiger partial charge in [0, 0.05) is 6.54 Å². The van der Waals surface area contributed by atoms with Crippen LogP contribution < -0.4 is 5.32 Å². The monoisotopic (exact) mass is 284 g/mol. The first-order valence-corrected chi connectivity index (χ1v) is 6.35. The number of nitrogens with zero attached hydrogens (tertiary/aromatic N) is 1. The molecule has 1 rings (SSSR count). The summed E-state index contributed by atoms with van der Waals surface area (Å²) < 4.78 is 0. The zero-order valence-corrected chi connectivity index (χ0v) is 11.7.